The van der Waals surface area contributed by atoms with Crippen LogP contribution >= 0.6 is 0 Å². The molecule has 0 spiro atoms. The summed E-state index contributed by atoms with van der Waals surface area (Å²) in [5.74, 6) is 0. The van der Waals surface area contributed by atoms with Crippen molar-refractivity contribution in [2.75, 3.05) is 11.9 Å². The van der Waals surface area contributed by atoms with Gasteiger partial charge in [0, 0.05) is 25.0 Å². The van der Waals surface area contributed by atoms with Crippen LogP contribution in [-0.2, 0) is 7.05 Å². The normalized spacial score (nSPS) is 17.9. The second kappa shape index (κ2) is 3.13. The van der Waals surface area contributed by atoms with E-state index < -0.39 is 0 Å². The van der Waals surface area contributed by atoms with Crippen molar-refractivity contribution in [3.05, 3.63) is 28.7 Å². The van der Waals surface area contributed by atoms with Crippen LogP contribution in [0.5, 0.6) is 0 Å². The average molecular weight is 194 g/mol. The summed E-state index contributed by atoms with van der Waals surface area (Å²) in [4.78, 5) is 11.3. The maximum atomic E-state index is 11.3. The van der Waals surface area contributed by atoms with E-state index in [-0.39, 0.29) is 17.7 Å². The highest BCUT2D eigenvalue weighted by atomic mass is 16.3. The fraction of sp³-hybridized carbons (Fsp3) is 0.500. The van der Waals surface area contributed by atoms with E-state index >= 15 is 0 Å². The number of anilines is 1. The van der Waals surface area contributed by atoms with Crippen LogP contribution in [0.4, 0.5) is 5.69 Å². The standard InChI is InChI=1S/C10H14N2O2/c1-12-5-2-8(6-9(12)14)11-10(7-13)3-4-10/h2,5-6,11,13H,3-4,7H2,1H3. The van der Waals surface area contributed by atoms with Gasteiger partial charge in [-0.25, -0.2) is 0 Å². The number of nitrogens with one attached hydrogen (secondary N) is 1. The van der Waals surface area contributed by atoms with Gasteiger partial charge in [0.15, 0.2) is 0 Å². The predicted molar refractivity (Wildman–Crippen MR) is 54.4 cm³/mol. The van der Waals surface area contributed by atoms with Crippen molar-refractivity contribution in [2.24, 2.45) is 7.05 Å². The molecule has 0 atom stereocenters. The van der Waals surface area contributed by atoms with Crippen LogP contribution in [0, 0.1) is 0 Å². The Morgan fingerprint density at radius 2 is 2.36 bits per heavy atom. The van der Waals surface area contributed by atoms with Gasteiger partial charge in [0.25, 0.3) is 5.56 Å². The second-order valence-electron chi connectivity index (χ2n) is 3.93. The molecular weight excluding hydrogens is 180 g/mol. The fourth-order valence-electron chi connectivity index (χ4n) is 1.41. The molecule has 1 fully saturated rings. The third kappa shape index (κ3) is 1.65. The molecule has 2 rings (SSSR count). The summed E-state index contributed by atoms with van der Waals surface area (Å²) in [5, 5.41) is 12.3. The summed E-state index contributed by atoms with van der Waals surface area (Å²) in [7, 11) is 1.71. The summed E-state index contributed by atoms with van der Waals surface area (Å²) in [6.07, 6.45) is 3.66. The van der Waals surface area contributed by atoms with Gasteiger partial charge < -0.3 is 15.0 Å². The first-order chi connectivity index (χ1) is 6.65. The molecule has 4 heteroatoms. The molecule has 0 aromatic carbocycles. The molecule has 0 saturated heterocycles. The molecule has 1 aromatic heterocycles. The van der Waals surface area contributed by atoms with Gasteiger partial charge in [0.05, 0.1) is 12.1 Å². The van der Waals surface area contributed by atoms with Gasteiger partial charge in [0.2, 0.25) is 0 Å². The number of hydrogen-bond donors (Lipinski definition) is 2. The number of pyridine rings is 1. The first kappa shape index (κ1) is 9.27. The lowest BCUT2D eigenvalue weighted by atomic mass is 10.2. The van der Waals surface area contributed by atoms with Gasteiger partial charge in [-0.15, -0.1) is 0 Å². The summed E-state index contributed by atoms with van der Waals surface area (Å²) in [6, 6.07) is 3.40. The van der Waals surface area contributed by atoms with Crippen LogP contribution < -0.4 is 10.9 Å². The Kier molecular flexibility index (Phi) is 2.07. The molecule has 0 radical (unpaired) electrons. The third-order valence-electron chi connectivity index (χ3n) is 2.67. The molecule has 14 heavy (non-hydrogen) atoms. The van der Waals surface area contributed by atoms with Crippen molar-refractivity contribution in [3.8, 4) is 0 Å². The van der Waals surface area contributed by atoms with Crippen molar-refractivity contribution in [2.45, 2.75) is 18.4 Å². The minimum atomic E-state index is -0.160. The molecule has 1 saturated carbocycles. The van der Waals surface area contributed by atoms with E-state index in [1.807, 2.05) is 6.07 Å². The molecule has 0 aliphatic heterocycles. The highest BCUT2D eigenvalue weighted by Crippen LogP contribution is 2.37. The predicted octanol–water partition coefficient (Wildman–Crippen LogP) is 0.322. The zero-order chi connectivity index (χ0) is 10.2. The maximum Gasteiger partial charge on any atom is 0.252 e. The fourth-order valence-corrected chi connectivity index (χ4v) is 1.41. The van der Waals surface area contributed by atoms with Crippen LogP contribution in [0.3, 0.4) is 0 Å². The van der Waals surface area contributed by atoms with E-state index in [1.54, 1.807) is 19.3 Å². The molecular formula is C10H14N2O2. The number of aliphatic hydroxyl groups excluding tert-OH is 1. The molecule has 0 bridgehead atoms. The van der Waals surface area contributed by atoms with Crippen molar-refractivity contribution in [1.82, 2.24) is 4.57 Å². The van der Waals surface area contributed by atoms with Gasteiger partial charge >= 0.3 is 0 Å². The van der Waals surface area contributed by atoms with E-state index in [0.717, 1.165) is 18.5 Å². The van der Waals surface area contributed by atoms with Crippen LogP contribution in [-0.4, -0.2) is 21.8 Å². The topological polar surface area (TPSA) is 54.3 Å². The van der Waals surface area contributed by atoms with E-state index in [9.17, 15) is 4.79 Å². The zero-order valence-electron chi connectivity index (χ0n) is 8.16. The average Bonchev–Trinajstić information content (AvgIpc) is 2.93. The molecule has 0 unspecified atom stereocenters. The molecule has 0 amide bonds. The highest BCUT2D eigenvalue weighted by molar-refractivity contribution is 5.46. The van der Waals surface area contributed by atoms with Crippen molar-refractivity contribution in [3.63, 3.8) is 0 Å². The number of aryl methyl sites for hydroxylation is 1. The minimum Gasteiger partial charge on any atom is -0.394 e. The van der Waals surface area contributed by atoms with Gasteiger partial charge in [0.1, 0.15) is 0 Å². The van der Waals surface area contributed by atoms with Crippen LogP contribution in [0.2, 0.25) is 0 Å². The Morgan fingerprint density at radius 3 is 2.86 bits per heavy atom. The monoisotopic (exact) mass is 194 g/mol. The first-order valence-electron chi connectivity index (χ1n) is 4.71. The zero-order valence-corrected chi connectivity index (χ0v) is 8.16. The van der Waals surface area contributed by atoms with Crippen molar-refractivity contribution in [1.29, 1.82) is 0 Å². The molecule has 1 aliphatic rings. The van der Waals surface area contributed by atoms with Gasteiger partial charge in [-0.2, -0.15) is 0 Å². The lowest BCUT2D eigenvalue weighted by molar-refractivity contribution is 0.266. The molecule has 4 nitrogen and oxygen atoms in total. The van der Waals surface area contributed by atoms with Crippen LogP contribution in [0.15, 0.2) is 23.1 Å². The molecule has 1 heterocycles. The highest BCUT2D eigenvalue weighted by Gasteiger charge is 2.41. The molecule has 2 N–H and O–H groups in total. The third-order valence-corrected chi connectivity index (χ3v) is 2.67. The first-order valence-corrected chi connectivity index (χ1v) is 4.71. The lowest BCUT2D eigenvalue weighted by Crippen LogP contribution is -2.27. The van der Waals surface area contributed by atoms with E-state index in [4.69, 9.17) is 5.11 Å². The van der Waals surface area contributed by atoms with Crippen LogP contribution in [0.25, 0.3) is 0 Å². The van der Waals surface area contributed by atoms with Gasteiger partial charge in [-0.05, 0) is 18.9 Å². The summed E-state index contributed by atoms with van der Waals surface area (Å²) >= 11 is 0. The Labute approximate surface area is 82.2 Å². The Bertz CT molecular complexity index is 393. The quantitative estimate of drug-likeness (QED) is 0.728. The van der Waals surface area contributed by atoms with Gasteiger partial charge in [-0.3, -0.25) is 4.79 Å². The largest absolute Gasteiger partial charge is 0.394 e. The Balaban J connectivity index is 2.18. The molecule has 1 aromatic rings. The van der Waals surface area contributed by atoms with E-state index in [2.05, 4.69) is 5.32 Å². The number of hydrogen-bond acceptors (Lipinski definition) is 3. The number of rotatable bonds is 3. The lowest BCUT2D eigenvalue weighted by Gasteiger charge is -2.15. The summed E-state index contributed by atoms with van der Waals surface area (Å²) in [6.45, 7) is 0.127. The Hall–Kier alpha value is -1.29. The molecule has 76 valence electrons. The summed E-state index contributed by atoms with van der Waals surface area (Å²) in [5.41, 5.74) is 0.593. The maximum absolute atomic E-state index is 11.3. The van der Waals surface area contributed by atoms with E-state index in [1.165, 1.54) is 4.57 Å². The second-order valence-corrected chi connectivity index (χ2v) is 3.93. The number of nitrogens with zero attached hydrogens (tertiary/aromatic N) is 1. The van der Waals surface area contributed by atoms with Crippen LogP contribution in [0.1, 0.15) is 12.8 Å². The number of aliphatic hydroxyl groups is 1. The van der Waals surface area contributed by atoms with Crippen molar-refractivity contribution >= 4 is 5.69 Å². The number of aromatic nitrogens is 1. The molecule has 1 aliphatic carbocycles. The summed E-state index contributed by atoms with van der Waals surface area (Å²) < 4.78 is 1.52. The van der Waals surface area contributed by atoms with Crippen molar-refractivity contribution < 1.29 is 5.11 Å². The van der Waals surface area contributed by atoms with E-state index in [0.29, 0.717) is 0 Å². The minimum absolute atomic E-state index is 0.0382. The smallest absolute Gasteiger partial charge is 0.252 e. The Morgan fingerprint density at radius 1 is 1.64 bits per heavy atom. The van der Waals surface area contributed by atoms with Gasteiger partial charge in [-0.1, -0.05) is 0 Å². The SMILES string of the molecule is Cn1ccc(NC2(CO)CC2)cc1=O.